The van der Waals surface area contributed by atoms with Gasteiger partial charge in [-0.2, -0.15) is 0 Å². The predicted octanol–water partition coefficient (Wildman–Crippen LogP) is 6.07. The van der Waals surface area contributed by atoms with E-state index < -0.39 is 17.8 Å². The van der Waals surface area contributed by atoms with Crippen molar-refractivity contribution in [2.75, 3.05) is 11.9 Å². The van der Waals surface area contributed by atoms with Gasteiger partial charge in [-0.15, -0.1) is 0 Å². The summed E-state index contributed by atoms with van der Waals surface area (Å²) in [6.07, 6.45) is -0.754. The molecule has 1 amide bonds. The van der Waals surface area contributed by atoms with Crippen LogP contribution in [0, 0.1) is 0 Å². The summed E-state index contributed by atoms with van der Waals surface area (Å²) in [5, 5.41) is 3.55. The van der Waals surface area contributed by atoms with E-state index in [4.69, 9.17) is 21.1 Å². The molecule has 1 N–H and O–H groups in total. The second kappa shape index (κ2) is 10.4. The number of anilines is 1. The summed E-state index contributed by atoms with van der Waals surface area (Å²) in [4.78, 5) is 38.8. The number of hydrogen-bond acceptors (Lipinski definition) is 5. The standard InChI is InChI=1S/C27H23ClN2O5/c1-3-34-27(33)30-23-15-20(28)12-13-22(23)24(29-17(2)31)25(30)26(32)19-10-7-11-21(14-19)35-16-18-8-5-4-6-9-18/h4-15H,3,16H2,1-2H3,(H,29,31). The van der Waals surface area contributed by atoms with E-state index in [1.54, 1.807) is 49.4 Å². The molecule has 0 aliphatic carbocycles. The van der Waals surface area contributed by atoms with Gasteiger partial charge in [-0.25, -0.2) is 9.36 Å². The van der Waals surface area contributed by atoms with Crippen molar-refractivity contribution in [3.05, 3.63) is 94.6 Å². The first-order valence-corrected chi connectivity index (χ1v) is 11.4. The molecule has 4 rings (SSSR count). The van der Waals surface area contributed by atoms with Crippen molar-refractivity contribution in [3.63, 3.8) is 0 Å². The van der Waals surface area contributed by atoms with E-state index in [1.165, 1.54) is 6.92 Å². The molecule has 7 nitrogen and oxygen atoms in total. The molecule has 0 saturated carbocycles. The quantitative estimate of drug-likeness (QED) is 0.318. The van der Waals surface area contributed by atoms with Gasteiger partial charge in [0.2, 0.25) is 11.7 Å². The summed E-state index contributed by atoms with van der Waals surface area (Å²) in [5.74, 6) is -0.390. The molecule has 0 aliphatic heterocycles. The van der Waals surface area contributed by atoms with Crippen molar-refractivity contribution < 1.29 is 23.9 Å². The lowest BCUT2D eigenvalue weighted by Crippen LogP contribution is -2.21. The fraction of sp³-hybridized carbons (Fsp3) is 0.148. The maximum absolute atomic E-state index is 13.8. The number of rotatable bonds is 7. The van der Waals surface area contributed by atoms with E-state index in [0.717, 1.165) is 10.1 Å². The maximum Gasteiger partial charge on any atom is 0.419 e. The second-order valence-electron chi connectivity index (χ2n) is 7.73. The molecule has 178 valence electrons. The first-order valence-electron chi connectivity index (χ1n) is 11.0. The molecule has 0 saturated heterocycles. The molecule has 3 aromatic carbocycles. The van der Waals surface area contributed by atoms with Crippen molar-refractivity contribution >= 4 is 46.0 Å². The minimum Gasteiger partial charge on any atom is -0.489 e. The number of aromatic nitrogens is 1. The number of fused-ring (bicyclic) bond motifs is 1. The normalized spacial score (nSPS) is 10.7. The molecule has 1 heterocycles. The fourth-order valence-corrected chi connectivity index (χ4v) is 3.93. The van der Waals surface area contributed by atoms with Crippen LogP contribution in [0.1, 0.15) is 35.5 Å². The highest BCUT2D eigenvalue weighted by Crippen LogP contribution is 2.35. The molecule has 0 atom stereocenters. The van der Waals surface area contributed by atoms with Gasteiger partial charge in [-0.05, 0) is 42.8 Å². The average Bonchev–Trinajstić information content (AvgIpc) is 3.15. The molecule has 35 heavy (non-hydrogen) atoms. The molecular formula is C27H23ClN2O5. The van der Waals surface area contributed by atoms with Crippen molar-refractivity contribution in [1.82, 2.24) is 4.57 Å². The molecule has 1 aromatic heterocycles. The summed E-state index contributed by atoms with van der Waals surface area (Å²) in [6, 6.07) is 21.1. The largest absolute Gasteiger partial charge is 0.489 e. The Kier molecular flexibility index (Phi) is 7.17. The van der Waals surface area contributed by atoms with E-state index in [-0.39, 0.29) is 23.6 Å². The van der Waals surface area contributed by atoms with Crippen molar-refractivity contribution in [2.45, 2.75) is 20.5 Å². The van der Waals surface area contributed by atoms with Gasteiger partial charge >= 0.3 is 6.09 Å². The Morgan fingerprint density at radius 2 is 1.74 bits per heavy atom. The molecule has 8 heteroatoms. The van der Waals surface area contributed by atoms with Crippen LogP contribution < -0.4 is 10.1 Å². The van der Waals surface area contributed by atoms with Crippen LogP contribution in [0.4, 0.5) is 10.5 Å². The van der Waals surface area contributed by atoms with E-state index in [0.29, 0.717) is 28.3 Å². The second-order valence-corrected chi connectivity index (χ2v) is 8.17. The molecule has 0 fully saturated rings. The number of carbonyl (C=O) groups excluding carboxylic acids is 3. The van der Waals surface area contributed by atoms with Gasteiger partial charge in [0, 0.05) is 22.9 Å². The average molecular weight is 491 g/mol. The van der Waals surface area contributed by atoms with Crippen molar-refractivity contribution in [2.24, 2.45) is 0 Å². The number of ketones is 1. The Bertz CT molecular complexity index is 1410. The SMILES string of the molecule is CCOC(=O)n1c(C(=O)c2cccc(OCc3ccccc3)c2)c(NC(C)=O)c2ccc(Cl)cc21. The summed E-state index contributed by atoms with van der Waals surface area (Å²) in [6.45, 7) is 3.43. The smallest absolute Gasteiger partial charge is 0.419 e. The zero-order chi connectivity index (χ0) is 24.9. The number of halogens is 1. The highest BCUT2D eigenvalue weighted by Gasteiger charge is 2.29. The van der Waals surface area contributed by atoms with Crippen LogP contribution in [-0.2, 0) is 16.1 Å². The molecule has 0 radical (unpaired) electrons. The number of hydrogen-bond donors (Lipinski definition) is 1. The lowest BCUT2D eigenvalue weighted by atomic mass is 10.1. The van der Waals surface area contributed by atoms with E-state index in [9.17, 15) is 14.4 Å². The minimum atomic E-state index is -0.754. The summed E-state index contributed by atoms with van der Waals surface area (Å²) in [5.41, 5.74) is 1.78. The molecule has 0 spiro atoms. The summed E-state index contributed by atoms with van der Waals surface area (Å²) in [7, 11) is 0. The third-order valence-corrected chi connectivity index (χ3v) is 5.48. The Morgan fingerprint density at radius 1 is 0.971 bits per heavy atom. The van der Waals surface area contributed by atoms with Gasteiger partial charge in [-0.3, -0.25) is 9.59 Å². The van der Waals surface area contributed by atoms with Gasteiger partial charge in [0.25, 0.3) is 0 Å². The number of ether oxygens (including phenoxy) is 2. The zero-order valence-corrected chi connectivity index (χ0v) is 20.0. The molecule has 4 aromatic rings. The molecule has 0 bridgehead atoms. The number of benzene rings is 3. The Morgan fingerprint density at radius 3 is 2.46 bits per heavy atom. The van der Waals surface area contributed by atoms with Gasteiger partial charge in [0.15, 0.2) is 0 Å². The monoisotopic (exact) mass is 490 g/mol. The van der Waals surface area contributed by atoms with Crippen LogP contribution in [0.3, 0.4) is 0 Å². The predicted molar refractivity (Wildman–Crippen MR) is 134 cm³/mol. The van der Waals surface area contributed by atoms with Gasteiger partial charge < -0.3 is 14.8 Å². The summed E-state index contributed by atoms with van der Waals surface area (Å²) >= 11 is 6.19. The minimum absolute atomic E-state index is 0.0314. The topological polar surface area (TPSA) is 86.6 Å². The summed E-state index contributed by atoms with van der Waals surface area (Å²) < 4.78 is 12.2. The Labute approximate surface area is 207 Å². The van der Waals surface area contributed by atoms with Crippen LogP contribution in [0.2, 0.25) is 5.02 Å². The number of carbonyl (C=O) groups is 3. The van der Waals surface area contributed by atoms with Crippen molar-refractivity contribution in [1.29, 1.82) is 0 Å². The van der Waals surface area contributed by atoms with E-state index >= 15 is 0 Å². The maximum atomic E-state index is 13.8. The van der Waals surface area contributed by atoms with Gasteiger partial charge in [-0.1, -0.05) is 54.1 Å². The molecule has 0 unspecified atom stereocenters. The molecule has 0 aliphatic rings. The Hall–Kier alpha value is -4.10. The van der Waals surface area contributed by atoms with Crippen LogP contribution >= 0.6 is 11.6 Å². The number of nitrogens with zero attached hydrogens (tertiary/aromatic N) is 1. The lowest BCUT2D eigenvalue weighted by molar-refractivity contribution is -0.114. The van der Waals surface area contributed by atoms with Crippen LogP contribution in [-0.4, -0.2) is 29.0 Å². The van der Waals surface area contributed by atoms with Gasteiger partial charge in [0.05, 0.1) is 17.8 Å². The van der Waals surface area contributed by atoms with Crippen LogP contribution in [0.5, 0.6) is 5.75 Å². The van der Waals surface area contributed by atoms with Gasteiger partial charge in [0.1, 0.15) is 18.1 Å². The highest BCUT2D eigenvalue weighted by molar-refractivity contribution is 6.32. The highest BCUT2D eigenvalue weighted by atomic mass is 35.5. The fourth-order valence-electron chi connectivity index (χ4n) is 3.76. The zero-order valence-electron chi connectivity index (χ0n) is 19.2. The lowest BCUT2D eigenvalue weighted by Gasteiger charge is -2.12. The van der Waals surface area contributed by atoms with E-state index in [1.807, 2.05) is 30.3 Å². The number of nitrogens with one attached hydrogen (secondary N) is 1. The number of amides is 1. The van der Waals surface area contributed by atoms with Crippen LogP contribution in [0.15, 0.2) is 72.8 Å². The third-order valence-electron chi connectivity index (χ3n) is 5.24. The first-order chi connectivity index (χ1) is 16.9. The third kappa shape index (κ3) is 5.20. The first kappa shape index (κ1) is 24.0. The van der Waals surface area contributed by atoms with E-state index in [2.05, 4.69) is 5.32 Å². The van der Waals surface area contributed by atoms with Crippen molar-refractivity contribution in [3.8, 4) is 5.75 Å². The van der Waals surface area contributed by atoms with Crippen LogP contribution in [0.25, 0.3) is 10.9 Å². The molecular weight excluding hydrogens is 468 g/mol. The Balaban J connectivity index is 1.80.